The molecule has 0 heterocycles. The highest BCUT2D eigenvalue weighted by atomic mass is 19.3. The van der Waals surface area contributed by atoms with Crippen LogP contribution in [0.1, 0.15) is 6.92 Å². The summed E-state index contributed by atoms with van der Waals surface area (Å²) in [6.07, 6.45) is 0.500. The van der Waals surface area contributed by atoms with Crippen molar-refractivity contribution in [1.82, 2.24) is 0 Å². The van der Waals surface area contributed by atoms with Crippen LogP contribution < -0.4 is 11.5 Å². The smallest absolute Gasteiger partial charge is 0.284 e. The predicted octanol–water partition coefficient (Wildman–Crippen LogP) is -0.0305. The second-order valence-corrected chi connectivity index (χ2v) is 1.89. The molecule has 0 rings (SSSR count). The normalized spacial score (nSPS) is 13.3. The van der Waals surface area contributed by atoms with Crippen LogP contribution in [0.25, 0.3) is 0 Å². The van der Waals surface area contributed by atoms with E-state index in [1.165, 1.54) is 0 Å². The Morgan fingerprint density at radius 2 is 1.90 bits per heavy atom. The maximum absolute atomic E-state index is 12.1. The first-order chi connectivity index (χ1) is 4.34. The quantitative estimate of drug-likeness (QED) is 0.542. The average molecular weight is 150 g/mol. The molecule has 0 aliphatic heterocycles. The van der Waals surface area contributed by atoms with Crippen LogP contribution in [-0.4, -0.2) is 11.8 Å². The van der Waals surface area contributed by atoms with Gasteiger partial charge in [-0.05, 0) is 0 Å². The van der Waals surface area contributed by atoms with Crippen LogP contribution in [0, 0.1) is 0 Å². The molecular weight excluding hydrogens is 142 g/mol. The van der Waals surface area contributed by atoms with Gasteiger partial charge in [-0.25, -0.2) is 8.78 Å². The molecule has 3 nitrogen and oxygen atoms in total. The molecule has 0 aliphatic carbocycles. The Hall–Kier alpha value is -1.13. The minimum atomic E-state index is -3.17. The molecule has 5 heteroatoms. The van der Waals surface area contributed by atoms with E-state index in [4.69, 9.17) is 5.73 Å². The SMILES string of the molecule is CC(F)(F)C(N)=CC(N)=O. The van der Waals surface area contributed by atoms with Crippen LogP contribution in [-0.2, 0) is 4.79 Å². The van der Waals surface area contributed by atoms with Gasteiger partial charge in [-0.15, -0.1) is 0 Å². The van der Waals surface area contributed by atoms with Crippen LogP contribution in [0.5, 0.6) is 0 Å². The van der Waals surface area contributed by atoms with Gasteiger partial charge in [0.25, 0.3) is 5.92 Å². The molecule has 0 aromatic heterocycles. The highest BCUT2D eigenvalue weighted by Crippen LogP contribution is 2.17. The minimum absolute atomic E-state index is 0.500. The van der Waals surface area contributed by atoms with Crippen molar-refractivity contribution < 1.29 is 13.6 Å². The third kappa shape index (κ3) is 3.01. The summed E-state index contributed by atoms with van der Waals surface area (Å²) in [5.74, 6) is -4.14. The topological polar surface area (TPSA) is 69.1 Å². The zero-order valence-electron chi connectivity index (χ0n) is 5.40. The van der Waals surface area contributed by atoms with E-state index in [1.54, 1.807) is 0 Å². The van der Waals surface area contributed by atoms with E-state index in [2.05, 4.69) is 5.73 Å². The Kier molecular flexibility index (Phi) is 2.34. The number of carbonyl (C=O) groups is 1. The van der Waals surface area contributed by atoms with Gasteiger partial charge in [0.1, 0.15) is 0 Å². The zero-order chi connectivity index (χ0) is 8.36. The number of carbonyl (C=O) groups excluding carboxylic acids is 1. The molecule has 0 radical (unpaired) electrons. The summed E-state index contributed by atoms with van der Waals surface area (Å²) in [5.41, 5.74) is 8.50. The first kappa shape index (κ1) is 8.87. The van der Waals surface area contributed by atoms with Crippen LogP contribution in [0.3, 0.4) is 0 Å². The number of primary amides is 1. The Balaban J connectivity index is 4.35. The van der Waals surface area contributed by atoms with Crippen molar-refractivity contribution in [2.45, 2.75) is 12.8 Å². The molecule has 58 valence electrons. The van der Waals surface area contributed by atoms with Gasteiger partial charge in [0.05, 0.1) is 5.70 Å². The molecule has 1 amide bonds. The van der Waals surface area contributed by atoms with Crippen molar-refractivity contribution in [3.05, 3.63) is 11.8 Å². The van der Waals surface area contributed by atoms with Crippen molar-refractivity contribution in [2.24, 2.45) is 11.5 Å². The Morgan fingerprint density at radius 3 is 2.00 bits per heavy atom. The van der Waals surface area contributed by atoms with E-state index in [1.807, 2.05) is 0 Å². The van der Waals surface area contributed by atoms with Crippen LogP contribution >= 0.6 is 0 Å². The molecule has 4 N–H and O–H groups in total. The van der Waals surface area contributed by atoms with E-state index in [-0.39, 0.29) is 0 Å². The van der Waals surface area contributed by atoms with Gasteiger partial charge in [-0.1, -0.05) is 0 Å². The molecule has 0 bridgehead atoms. The summed E-state index contributed by atoms with van der Waals surface area (Å²) in [6.45, 7) is 0.585. The lowest BCUT2D eigenvalue weighted by molar-refractivity contribution is -0.113. The fourth-order valence-corrected chi connectivity index (χ4v) is 0.280. The van der Waals surface area contributed by atoms with Crippen molar-refractivity contribution >= 4 is 5.91 Å². The van der Waals surface area contributed by atoms with Crippen molar-refractivity contribution in [3.8, 4) is 0 Å². The molecule has 0 saturated carbocycles. The zero-order valence-corrected chi connectivity index (χ0v) is 5.40. The van der Waals surface area contributed by atoms with Gasteiger partial charge in [0.15, 0.2) is 0 Å². The number of hydrogen-bond acceptors (Lipinski definition) is 2. The summed E-state index contributed by atoms with van der Waals surface area (Å²) in [7, 11) is 0. The number of allylic oxidation sites excluding steroid dienone is 1. The van der Waals surface area contributed by atoms with E-state index < -0.39 is 17.5 Å². The highest BCUT2D eigenvalue weighted by molar-refractivity contribution is 5.86. The summed E-state index contributed by atoms with van der Waals surface area (Å²) in [6, 6.07) is 0. The molecule has 0 atom stereocenters. The molecule has 0 aliphatic rings. The second kappa shape index (κ2) is 2.64. The fraction of sp³-hybridized carbons (Fsp3) is 0.400. The molecule has 0 fully saturated rings. The summed E-state index contributed by atoms with van der Waals surface area (Å²) in [4.78, 5) is 9.99. The largest absolute Gasteiger partial charge is 0.397 e. The van der Waals surface area contributed by atoms with Gasteiger partial charge in [-0.2, -0.15) is 0 Å². The van der Waals surface area contributed by atoms with E-state index in [0.717, 1.165) is 0 Å². The van der Waals surface area contributed by atoms with Gasteiger partial charge in [-0.3, -0.25) is 4.79 Å². The van der Waals surface area contributed by atoms with Crippen molar-refractivity contribution in [2.75, 3.05) is 0 Å². The van der Waals surface area contributed by atoms with Crippen molar-refractivity contribution in [3.63, 3.8) is 0 Å². The molecular formula is C5H8F2N2O. The minimum Gasteiger partial charge on any atom is -0.397 e. The molecule has 0 spiro atoms. The van der Waals surface area contributed by atoms with Crippen LogP contribution in [0.4, 0.5) is 8.78 Å². The number of nitrogens with two attached hydrogens (primary N) is 2. The second-order valence-electron chi connectivity index (χ2n) is 1.89. The van der Waals surface area contributed by atoms with Crippen LogP contribution in [0.15, 0.2) is 11.8 Å². The first-order valence-electron chi connectivity index (χ1n) is 2.49. The van der Waals surface area contributed by atoms with Crippen LogP contribution in [0.2, 0.25) is 0 Å². The monoisotopic (exact) mass is 150 g/mol. The standard InChI is InChI=1S/C5H8F2N2O/c1-5(6,7)3(8)2-4(9)10/h2H,8H2,1H3,(H2,9,10). The van der Waals surface area contributed by atoms with Crippen molar-refractivity contribution in [1.29, 1.82) is 0 Å². The summed E-state index contributed by atoms with van der Waals surface area (Å²) < 4.78 is 24.2. The van der Waals surface area contributed by atoms with Gasteiger partial charge in [0.2, 0.25) is 5.91 Å². The Morgan fingerprint density at radius 1 is 1.50 bits per heavy atom. The third-order valence-electron chi connectivity index (χ3n) is 0.805. The predicted molar refractivity (Wildman–Crippen MR) is 32.1 cm³/mol. The number of hydrogen-bond donors (Lipinski definition) is 2. The molecule has 0 aromatic rings. The number of alkyl halides is 2. The van der Waals surface area contributed by atoms with E-state index in [0.29, 0.717) is 13.0 Å². The maximum Gasteiger partial charge on any atom is 0.284 e. The summed E-state index contributed by atoms with van der Waals surface area (Å²) >= 11 is 0. The third-order valence-corrected chi connectivity index (χ3v) is 0.805. The number of halogens is 2. The lowest BCUT2D eigenvalue weighted by Gasteiger charge is -2.08. The molecule has 0 aromatic carbocycles. The van der Waals surface area contributed by atoms with Gasteiger partial charge >= 0.3 is 0 Å². The number of amides is 1. The first-order valence-corrected chi connectivity index (χ1v) is 2.49. The summed E-state index contributed by atoms with van der Waals surface area (Å²) in [5, 5.41) is 0. The molecule has 0 saturated heterocycles. The fourth-order valence-electron chi connectivity index (χ4n) is 0.280. The Labute approximate surface area is 56.7 Å². The number of rotatable bonds is 2. The van der Waals surface area contributed by atoms with Gasteiger partial charge < -0.3 is 11.5 Å². The molecule has 10 heavy (non-hydrogen) atoms. The Bertz CT molecular complexity index is 171. The van der Waals surface area contributed by atoms with Gasteiger partial charge in [0, 0.05) is 13.0 Å². The van der Waals surface area contributed by atoms with E-state index in [9.17, 15) is 13.6 Å². The maximum atomic E-state index is 12.1. The highest BCUT2D eigenvalue weighted by Gasteiger charge is 2.25. The average Bonchev–Trinajstić information content (AvgIpc) is 1.60. The molecule has 0 unspecified atom stereocenters. The van der Waals surface area contributed by atoms with E-state index >= 15 is 0 Å². The lowest BCUT2D eigenvalue weighted by atomic mass is 10.2. The lowest BCUT2D eigenvalue weighted by Crippen LogP contribution is -2.23.